The van der Waals surface area contributed by atoms with Crippen LogP contribution in [0.4, 0.5) is 5.69 Å². The molecule has 0 aliphatic heterocycles. The Bertz CT molecular complexity index is 1590. The topological polar surface area (TPSA) is 125 Å². The van der Waals surface area contributed by atoms with Crippen molar-refractivity contribution < 1.29 is 23.5 Å². The molecule has 0 bridgehead atoms. The summed E-state index contributed by atoms with van der Waals surface area (Å²) in [5.74, 6) is 1.68. The summed E-state index contributed by atoms with van der Waals surface area (Å²) in [6.45, 7) is -0.238. The Kier molecular flexibility index (Phi) is 9.95. The van der Waals surface area contributed by atoms with Gasteiger partial charge in [0.25, 0.3) is 11.8 Å². The predicted octanol–water partition coefficient (Wildman–Crippen LogP) is 6.22. The summed E-state index contributed by atoms with van der Waals surface area (Å²) in [5, 5.41) is 16.1. The van der Waals surface area contributed by atoms with E-state index in [9.17, 15) is 9.59 Å². The molecule has 2 aromatic heterocycles. The number of carbonyl (C=O) groups is 2. The third kappa shape index (κ3) is 7.08. The first-order valence-electron chi connectivity index (χ1n) is 16.3. The van der Waals surface area contributed by atoms with Crippen LogP contribution < -0.4 is 19.7 Å². The second-order valence-corrected chi connectivity index (χ2v) is 12.2. The van der Waals surface area contributed by atoms with Crippen molar-refractivity contribution in [1.29, 1.82) is 0 Å². The van der Waals surface area contributed by atoms with Gasteiger partial charge in [0, 0.05) is 17.3 Å². The first-order valence-corrected chi connectivity index (χ1v) is 16.3. The van der Waals surface area contributed by atoms with E-state index in [1.807, 2.05) is 12.1 Å². The Labute approximate surface area is 269 Å². The summed E-state index contributed by atoms with van der Waals surface area (Å²) in [6, 6.07) is 15.9. The highest BCUT2D eigenvalue weighted by atomic mass is 16.5. The van der Waals surface area contributed by atoms with Crippen LogP contribution in [0.5, 0.6) is 11.5 Å². The number of tetrazole rings is 1. The second kappa shape index (κ2) is 14.6. The third-order valence-electron chi connectivity index (χ3n) is 9.16. The molecule has 11 heteroatoms. The third-order valence-corrected chi connectivity index (χ3v) is 9.16. The van der Waals surface area contributed by atoms with Gasteiger partial charge in [0.1, 0.15) is 12.3 Å². The van der Waals surface area contributed by atoms with Crippen LogP contribution in [0.3, 0.4) is 0 Å². The van der Waals surface area contributed by atoms with E-state index < -0.39 is 6.04 Å². The van der Waals surface area contributed by atoms with Crippen LogP contribution >= 0.6 is 0 Å². The molecule has 2 fully saturated rings. The highest BCUT2D eigenvalue weighted by Gasteiger charge is 2.36. The van der Waals surface area contributed by atoms with Crippen molar-refractivity contribution in [2.75, 3.05) is 19.1 Å². The zero-order valence-electron chi connectivity index (χ0n) is 26.6. The van der Waals surface area contributed by atoms with Crippen LogP contribution in [0.25, 0.3) is 11.4 Å². The number of carbonyl (C=O) groups excluding carboxylic acids is 2. The van der Waals surface area contributed by atoms with Crippen molar-refractivity contribution in [3.8, 4) is 22.9 Å². The summed E-state index contributed by atoms with van der Waals surface area (Å²) in [4.78, 5) is 31.1. The van der Waals surface area contributed by atoms with Crippen LogP contribution in [0, 0.1) is 0 Å². The maximum Gasteiger partial charge on any atom is 0.251 e. The summed E-state index contributed by atoms with van der Waals surface area (Å²) in [5.41, 5.74) is 2.52. The van der Waals surface area contributed by atoms with E-state index in [1.54, 1.807) is 44.6 Å². The van der Waals surface area contributed by atoms with Gasteiger partial charge in [0.2, 0.25) is 5.82 Å². The fourth-order valence-electron chi connectivity index (χ4n) is 6.73. The van der Waals surface area contributed by atoms with Gasteiger partial charge in [-0.15, -0.1) is 10.2 Å². The van der Waals surface area contributed by atoms with Gasteiger partial charge < -0.3 is 19.2 Å². The molecule has 2 aliphatic carbocycles. The van der Waals surface area contributed by atoms with E-state index >= 15 is 0 Å². The number of amides is 2. The first-order chi connectivity index (χ1) is 22.5. The molecule has 0 saturated heterocycles. The number of anilines is 1. The van der Waals surface area contributed by atoms with Gasteiger partial charge >= 0.3 is 0 Å². The Morgan fingerprint density at radius 2 is 1.65 bits per heavy atom. The van der Waals surface area contributed by atoms with E-state index in [2.05, 4.69) is 32.9 Å². The van der Waals surface area contributed by atoms with Gasteiger partial charge in [0.15, 0.2) is 17.5 Å². The average molecular weight is 627 g/mol. The number of methoxy groups -OCH3 is 2. The smallest absolute Gasteiger partial charge is 0.251 e. The Balaban J connectivity index is 1.31. The van der Waals surface area contributed by atoms with Crippen molar-refractivity contribution in [3.05, 3.63) is 72.2 Å². The molecule has 242 valence electrons. The van der Waals surface area contributed by atoms with Crippen molar-refractivity contribution in [2.24, 2.45) is 0 Å². The molecule has 0 unspecified atom stereocenters. The molecule has 4 aromatic rings. The number of hydrogen-bond donors (Lipinski definition) is 1. The molecule has 2 aromatic carbocycles. The number of aromatic nitrogens is 4. The molecular weight excluding hydrogens is 584 g/mol. The average Bonchev–Trinajstić information content (AvgIpc) is 3.81. The lowest BCUT2D eigenvalue weighted by Crippen LogP contribution is -2.48. The minimum atomic E-state index is -1.02. The molecule has 0 radical (unpaired) electrons. The van der Waals surface area contributed by atoms with Crippen molar-refractivity contribution in [3.63, 3.8) is 0 Å². The van der Waals surface area contributed by atoms with Gasteiger partial charge in [-0.05, 0) is 84.8 Å². The fourth-order valence-corrected chi connectivity index (χ4v) is 6.73. The van der Waals surface area contributed by atoms with E-state index in [0.29, 0.717) is 40.3 Å². The van der Waals surface area contributed by atoms with E-state index in [4.69, 9.17) is 13.9 Å². The summed E-state index contributed by atoms with van der Waals surface area (Å²) in [7, 11) is 3.12. The maximum atomic E-state index is 14.3. The van der Waals surface area contributed by atoms with Gasteiger partial charge in [-0.2, -0.15) is 4.80 Å². The number of rotatable bonds is 11. The molecule has 1 atom stereocenters. The Hall–Kier alpha value is -4.67. The molecule has 1 N–H and O–H groups in total. The zero-order chi connectivity index (χ0) is 31.9. The lowest BCUT2D eigenvalue weighted by molar-refractivity contribution is -0.128. The maximum absolute atomic E-state index is 14.3. The predicted molar refractivity (Wildman–Crippen MR) is 173 cm³/mol. The quantitative estimate of drug-likeness (QED) is 0.208. The van der Waals surface area contributed by atoms with E-state index in [-0.39, 0.29) is 24.4 Å². The molecular formula is C35H42N6O5. The minimum Gasteiger partial charge on any atom is -0.493 e. The van der Waals surface area contributed by atoms with Crippen LogP contribution in [0.1, 0.15) is 87.5 Å². The van der Waals surface area contributed by atoms with Crippen molar-refractivity contribution in [1.82, 2.24) is 25.5 Å². The number of hydrogen-bond acceptors (Lipinski definition) is 8. The SMILES string of the molecule is COc1ccc(-c2nnn(CC(=O)N(c3ccc(C4CCCCC4)cc3)[C@@H](C(=O)NC3CCCCC3)c3ccco3)n2)cc1OC. The Morgan fingerprint density at radius 3 is 2.33 bits per heavy atom. The van der Waals surface area contributed by atoms with Crippen LogP contribution in [-0.2, 0) is 16.1 Å². The molecule has 6 rings (SSSR count). The van der Waals surface area contributed by atoms with Crippen molar-refractivity contribution >= 4 is 17.5 Å². The van der Waals surface area contributed by atoms with Gasteiger partial charge in [-0.3, -0.25) is 14.5 Å². The number of nitrogens with zero attached hydrogens (tertiary/aromatic N) is 5. The lowest BCUT2D eigenvalue weighted by atomic mass is 9.84. The highest BCUT2D eigenvalue weighted by Crippen LogP contribution is 2.36. The number of furan rings is 1. The summed E-state index contributed by atoms with van der Waals surface area (Å²) < 4.78 is 16.6. The summed E-state index contributed by atoms with van der Waals surface area (Å²) >= 11 is 0. The van der Waals surface area contributed by atoms with Crippen molar-refractivity contribution in [2.45, 2.75) is 88.8 Å². The zero-order valence-corrected chi connectivity index (χ0v) is 26.6. The van der Waals surface area contributed by atoms with Gasteiger partial charge in [-0.1, -0.05) is 50.7 Å². The minimum absolute atomic E-state index is 0.0605. The first kappa shape index (κ1) is 31.3. The van der Waals surface area contributed by atoms with Crippen LogP contribution in [0.2, 0.25) is 0 Å². The molecule has 11 nitrogen and oxygen atoms in total. The lowest BCUT2D eigenvalue weighted by Gasteiger charge is -2.32. The molecule has 46 heavy (non-hydrogen) atoms. The van der Waals surface area contributed by atoms with Gasteiger partial charge in [-0.25, -0.2) is 0 Å². The van der Waals surface area contributed by atoms with Gasteiger partial charge in [0.05, 0.1) is 20.5 Å². The molecule has 2 amide bonds. The van der Waals surface area contributed by atoms with E-state index in [1.165, 1.54) is 60.0 Å². The molecule has 2 aliphatic rings. The molecule has 2 saturated carbocycles. The largest absolute Gasteiger partial charge is 0.493 e. The summed E-state index contributed by atoms with van der Waals surface area (Å²) in [6.07, 6.45) is 12.8. The van der Waals surface area contributed by atoms with Crippen LogP contribution in [0.15, 0.2) is 65.3 Å². The monoisotopic (exact) mass is 626 g/mol. The molecule has 0 spiro atoms. The van der Waals surface area contributed by atoms with Crippen LogP contribution in [-0.4, -0.2) is 52.3 Å². The number of nitrogens with one attached hydrogen (secondary N) is 1. The fraction of sp³-hybridized carbons (Fsp3) is 0.457. The second-order valence-electron chi connectivity index (χ2n) is 12.2. The molecule has 2 heterocycles. The normalized spacial score (nSPS) is 16.5. The van der Waals surface area contributed by atoms with E-state index in [0.717, 1.165) is 25.7 Å². The standard InChI is InChI=1S/C35H42N6O5/c1-44-29-20-17-26(22-31(29)45-2)34-37-39-40(38-34)23-32(42)41(28-18-15-25(16-19-28)24-10-5-3-6-11-24)33(30-14-9-21-46-30)35(43)36-27-12-7-4-8-13-27/h9,14-22,24,27,33H,3-8,10-13,23H2,1-2H3,(H,36,43)/t33-/m1/s1. The number of ether oxygens (including phenoxy) is 2. The Morgan fingerprint density at radius 1 is 0.935 bits per heavy atom. The number of benzene rings is 2. The highest BCUT2D eigenvalue weighted by molar-refractivity contribution is 6.01.